The summed E-state index contributed by atoms with van der Waals surface area (Å²) in [5.74, 6) is 1.05. The van der Waals surface area contributed by atoms with Gasteiger partial charge < -0.3 is 9.88 Å². The molecule has 0 fully saturated rings. The van der Waals surface area contributed by atoms with E-state index in [1.165, 1.54) is 5.52 Å². The molecule has 0 aliphatic carbocycles. The third kappa shape index (κ3) is 2.39. The predicted molar refractivity (Wildman–Crippen MR) is 78.1 cm³/mol. The Morgan fingerprint density at radius 3 is 2.95 bits per heavy atom. The van der Waals surface area contributed by atoms with Gasteiger partial charge in [-0.05, 0) is 19.1 Å². The molecule has 0 aliphatic rings. The molecule has 1 N–H and O–H groups in total. The summed E-state index contributed by atoms with van der Waals surface area (Å²) in [6.07, 6.45) is 1.83. The van der Waals surface area contributed by atoms with Crippen molar-refractivity contribution in [3.63, 3.8) is 0 Å². The van der Waals surface area contributed by atoms with E-state index in [0.717, 1.165) is 22.9 Å². The van der Waals surface area contributed by atoms with Gasteiger partial charge in [-0.3, -0.25) is 0 Å². The highest BCUT2D eigenvalue weighted by molar-refractivity contribution is 7.09. The lowest BCUT2D eigenvalue weighted by molar-refractivity contribution is 0.532. The summed E-state index contributed by atoms with van der Waals surface area (Å²) in [5, 5.41) is 6.57. The number of nitrogens with one attached hydrogen (secondary N) is 1. The average molecular weight is 272 g/mol. The van der Waals surface area contributed by atoms with E-state index in [0.29, 0.717) is 0 Å². The zero-order valence-corrected chi connectivity index (χ0v) is 11.8. The van der Waals surface area contributed by atoms with Gasteiger partial charge in [0.25, 0.3) is 0 Å². The van der Waals surface area contributed by atoms with Crippen LogP contribution < -0.4 is 5.32 Å². The third-order valence-corrected chi connectivity index (χ3v) is 4.03. The minimum absolute atomic E-state index is 0.196. The summed E-state index contributed by atoms with van der Waals surface area (Å²) < 4.78 is 2.15. The first-order chi connectivity index (χ1) is 9.25. The van der Waals surface area contributed by atoms with E-state index in [4.69, 9.17) is 4.98 Å². The maximum atomic E-state index is 4.70. The number of nitrogens with zero attached hydrogens (tertiary/aromatic N) is 3. The van der Waals surface area contributed by atoms with Crippen LogP contribution in [0.3, 0.4) is 0 Å². The SMILES string of the molecule is CC(NCc1nccs1)c1nc2ccccc2n1C. The Hall–Kier alpha value is -1.72. The second-order valence-corrected chi connectivity index (χ2v) is 5.53. The lowest BCUT2D eigenvalue weighted by Crippen LogP contribution is -2.21. The maximum absolute atomic E-state index is 4.70. The number of imidazole rings is 1. The quantitative estimate of drug-likeness (QED) is 0.794. The minimum Gasteiger partial charge on any atom is -0.330 e. The average Bonchev–Trinajstić information content (AvgIpc) is 3.05. The minimum atomic E-state index is 0.196. The van der Waals surface area contributed by atoms with Crippen molar-refractivity contribution in [2.75, 3.05) is 0 Å². The summed E-state index contributed by atoms with van der Waals surface area (Å²) in [6, 6.07) is 8.40. The smallest absolute Gasteiger partial charge is 0.126 e. The van der Waals surface area contributed by atoms with Crippen LogP contribution in [-0.4, -0.2) is 14.5 Å². The third-order valence-electron chi connectivity index (χ3n) is 3.25. The monoisotopic (exact) mass is 272 g/mol. The number of para-hydroxylation sites is 2. The molecule has 0 saturated carbocycles. The molecule has 3 rings (SSSR count). The number of hydrogen-bond acceptors (Lipinski definition) is 4. The number of hydrogen-bond donors (Lipinski definition) is 1. The van der Waals surface area contributed by atoms with Gasteiger partial charge in [0.1, 0.15) is 10.8 Å². The van der Waals surface area contributed by atoms with Gasteiger partial charge in [-0.25, -0.2) is 9.97 Å². The predicted octanol–water partition coefficient (Wildman–Crippen LogP) is 2.88. The van der Waals surface area contributed by atoms with Crippen LogP contribution in [0.4, 0.5) is 0 Å². The summed E-state index contributed by atoms with van der Waals surface area (Å²) >= 11 is 1.67. The highest BCUT2D eigenvalue weighted by Gasteiger charge is 2.13. The van der Waals surface area contributed by atoms with Crippen molar-refractivity contribution in [3.05, 3.63) is 46.7 Å². The molecule has 0 spiro atoms. The van der Waals surface area contributed by atoms with Crippen LogP contribution in [-0.2, 0) is 13.6 Å². The molecule has 0 radical (unpaired) electrons. The number of fused-ring (bicyclic) bond motifs is 1. The first kappa shape index (κ1) is 12.3. The molecule has 1 atom stereocenters. The molecular formula is C14H16N4S. The van der Waals surface area contributed by atoms with E-state index in [1.54, 1.807) is 11.3 Å². The van der Waals surface area contributed by atoms with Gasteiger partial charge in [-0.1, -0.05) is 12.1 Å². The molecule has 2 heterocycles. The summed E-state index contributed by atoms with van der Waals surface area (Å²) in [4.78, 5) is 8.97. The Kier molecular flexibility index (Phi) is 3.31. The number of aromatic nitrogens is 3. The van der Waals surface area contributed by atoms with Crippen LogP contribution in [0, 0.1) is 0 Å². The molecule has 0 aliphatic heterocycles. The summed E-state index contributed by atoms with van der Waals surface area (Å²) in [6.45, 7) is 2.91. The number of benzene rings is 1. The van der Waals surface area contributed by atoms with Crippen molar-refractivity contribution in [2.24, 2.45) is 7.05 Å². The van der Waals surface area contributed by atoms with Gasteiger partial charge in [-0.2, -0.15) is 0 Å². The van der Waals surface area contributed by atoms with E-state index < -0.39 is 0 Å². The zero-order chi connectivity index (χ0) is 13.2. The van der Waals surface area contributed by atoms with Gasteiger partial charge in [0.05, 0.1) is 17.1 Å². The molecule has 4 nitrogen and oxygen atoms in total. The summed E-state index contributed by atoms with van der Waals surface area (Å²) in [7, 11) is 2.06. The highest BCUT2D eigenvalue weighted by atomic mass is 32.1. The van der Waals surface area contributed by atoms with Gasteiger partial charge in [-0.15, -0.1) is 11.3 Å². The van der Waals surface area contributed by atoms with Crippen LogP contribution >= 0.6 is 11.3 Å². The van der Waals surface area contributed by atoms with Crippen LogP contribution in [0.25, 0.3) is 11.0 Å². The van der Waals surface area contributed by atoms with Crippen molar-refractivity contribution in [2.45, 2.75) is 19.5 Å². The second kappa shape index (κ2) is 5.11. The van der Waals surface area contributed by atoms with Crippen molar-refractivity contribution in [1.82, 2.24) is 19.9 Å². The largest absolute Gasteiger partial charge is 0.330 e. The Balaban J connectivity index is 1.81. The molecule has 98 valence electrons. The van der Waals surface area contributed by atoms with Crippen molar-refractivity contribution < 1.29 is 0 Å². The molecule has 0 amide bonds. The number of aryl methyl sites for hydroxylation is 1. The fourth-order valence-electron chi connectivity index (χ4n) is 2.22. The van der Waals surface area contributed by atoms with Gasteiger partial charge in [0.2, 0.25) is 0 Å². The molecule has 1 unspecified atom stereocenters. The summed E-state index contributed by atoms with van der Waals surface area (Å²) in [5.41, 5.74) is 2.21. The fourth-order valence-corrected chi connectivity index (χ4v) is 2.79. The Morgan fingerprint density at radius 2 is 2.21 bits per heavy atom. The molecule has 2 aromatic heterocycles. The van der Waals surface area contributed by atoms with E-state index in [9.17, 15) is 0 Å². The zero-order valence-electron chi connectivity index (χ0n) is 11.0. The Bertz CT molecular complexity index is 672. The van der Waals surface area contributed by atoms with E-state index in [2.05, 4.69) is 34.9 Å². The lowest BCUT2D eigenvalue weighted by atomic mass is 10.3. The van der Waals surface area contributed by atoms with Crippen LogP contribution in [0.5, 0.6) is 0 Å². The van der Waals surface area contributed by atoms with E-state index in [-0.39, 0.29) is 6.04 Å². The van der Waals surface area contributed by atoms with Gasteiger partial charge in [0, 0.05) is 25.2 Å². The van der Waals surface area contributed by atoms with Crippen molar-refractivity contribution in [1.29, 1.82) is 0 Å². The number of rotatable bonds is 4. The molecule has 0 saturated heterocycles. The number of thiazole rings is 1. The van der Waals surface area contributed by atoms with Crippen LogP contribution in [0.2, 0.25) is 0 Å². The highest BCUT2D eigenvalue weighted by Crippen LogP contribution is 2.19. The normalized spacial score (nSPS) is 12.9. The molecular weight excluding hydrogens is 256 g/mol. The first-order valence-electron chi connectivity index (χ1n) is 6.29. The lowest BCUT2D eigenvalue weighted by Gasteiger charge is -2.12. The molecule has 5 heteroatoms. The van der Waals surface area contributed by atoms with Crippen LogP contribution in [0.1, 0.15) is 23.8 Å². The van der Waals surface area contributed by atoms with Gasteiger partial charge in [0.15, 0.2) is 0 Å². The Morgan fingerprint density at radius 1 is 1.37 bits per heavy atom. The Labute approximate surface area is 116 Å². The van der Waals surface area contributed by atoms with Crippen molar-refractivity contribution in [3.8, 4) is 0 Å². The molecule has 0 bridgehead atoms. The topological polar surface area (TPSA) is 42.7 Å². The van der Waals surface area contributed by atoms with E-state index >= 15 is 0 Å². The van der Waals surface area contributed by atoms with Crippen molar-refractivity contribution >= 4 is 22.4 Å². The van der Waals surface area contributed by atoms with E-state index in [1.807, 2.05) is 29.8 Å². The maximum Gasteiger partial charge on any atom is 0.126 e. The standard InChI is InChI=1S/C14H16N4S/c1-10(16-9-13-15-7-8-19-13)14-17-11-5-3-4-6-12(11)18(14)2/h3-8,10,16H,9H2,1-2H3. The van der Waals surface area contributed by atoms with Crippen LogP contribution in [0.15, 0.2) is 35.8 Å². The first-order valence-corrected chi connectivity index (χ1v) is 7.17. The van der Waals surface area contributed by atoms with Gasteiger partial charge >= 0.3 is 0 Å². The second-order valence-electron chi connectivity index (χ2n) is 4.55. The molecule has 19 heavy (non-hydrogen) atoms. The fraction of sp³-hybridized carbons (Fsp3) is 0.286. The molecule has 3 aromatic rings. The molecule has 1 aromatic carbocycles.